The molecule has 2 aromatic carbocycles. The van der Waals surface area contributed by atoms with Gasteiger partial charge in [0.05, 0.1) is 0 Å². The Hall–Kier alpha value is -2.53. The molecular formula is C28H37ClN2O3. The Bertz CT molecular complexity index is 963. The fraction of sp³-hybridized carbons (Fsp3) is 0.500. The smallest absolute Gasteiger partial charge is 0.407 e. The molecule has 0 spiro atoms. The normalized spacial score (nSPS) is 20.4. The number of ether oxygens (including phenoxy) is 1. The molecule has 1 N–H and O–H groups in total. The third-order valence-corrected chi connectivity index (χ3v) is 6.88. The first-order valence-corrected chi connectivity index (χ1v) is 12.5. The van der Waals surface area contributed by atoms with E-state index in [1.165, 1.54) is 5.56 Å². The Morgan fingerprint density at radius 3 is 2.35 bits per heavy atom. The number of hydrogen-bond donors (Lipinski definition) is 1. The number of nitrogens with zero attached hydrogens (tertiary/aromatic N) is 1. The van der Waals surface area contributed by atoms with Gasteiger partial charge in [0.15, 0.2) is 0 Å². The predicted molar refractivity (Wildman–Crippen MR) is 137 cm³/mol. The average Bonchev–Trinajstić information content (AvgIpc) is 2.78. The van der Waals surface area contributed by atoms with Crippen LogP contribution >= 0.6 is 11.6 Å². The van der Waals surface area contributed by atoms with Crippen molar-refractivity contribution >= 4 is 23.6 Å². The summed E-state index contributed by atoms with van der Waals surface area (Å²) >= 11 is 6.33. The lowest BCUT2D eigenvalue weighted by Gasteiger charge is -2.44. The van der Waals surface area contributed by atoms with Crippen LogP contribution in [0.2, 0.25) is 5.02 Å². The first-order valence-electron chi connectivity index (χ1n) is 12.1. The van der Waals surface area contributed by atoms with Gasteiger partial charge < -0.3 is 15.0 Å². The van der Waals surface area contributed by atoms with Crippen molar-refractivity contribution in [3.05, 3.63) is 70.7 Å². The number of hydrogen-bond acceptors (Lipinski definition) is 3. The molecule has 184 valence electrons. The van der Waals surface area contributed by atoms with Gasteiger partial charge in [0, 0.05) is 36.5 Å². The fourth-order valence-electron chi connectivity index (χ4n) is 4.90. The van der Waals surface area contributed by atoms with Crippen LogP contribution in [0.15, 0.2) is 54.6 Å². The van der Waals surface area contributed by atoms with E-state index < -0.39 is 11.7 Å². The van der Waals surface area contributed by atoms with Crippen molar-refractivity contribution in [1.82, 2.24) is 10.2 Å². The Labute approximate surface area is 208 Å². The van der Waals surface area contributed by atoms with Gasteiger partial charge >= 0.3 is 6.09 Å². The lowest BCUT2D eigenvalue weighted by molar-refractivity contribution is -0.132. The third-order valence-electron chi connectivity index (χ3n) is 6.65. The minimum Gasteiger partial charge on any atom is -0.444 e. The van der Waals surface area contributed by atoms with E-state index in [-0.39, 0.29) is 17.4 Å². The Morgan fingerprint density at radius 1 is 1.09 bits per heavy atom. The van der Waals surface area contributed by atoms with Crippen molar-refractivity contribution in [2.45, 2.75) is 76.9 Å². The molecule has 0 unspecified atom stereocenters. The summed E-state index contributed by atoms with van der Waals surface area (Å²) in [5, 5.41) is 3.68. The summed E-state index contributed by atoms with van der Waals surface area (Å²) in [4.78, 5) is 27.0. The zero-order valence-electron chi connectivity index (χ0n) is 20.8. The van der Waals surface area contributed by atoms with E-state index in [9.17, 15) is 9.59 Å². The SMILES string of the molecule is CC(=O)N(CCc1ccccc1)[C@H]1CC[C@@](CNC(=O)OC(C)(C)C)(c2cccc(Cl)c2)CC1. The molecule has 2 amide bonds. The van der Waals surface area contributed by atoms with Gasteiger partial charge in [-0.3, -0.25) is 4.79 Å². The van der Waals surface area contributed by atoms with Gasteiger partial charge in [-0.15, -0.1) is 0 Å². The van der Waals surface area contributed by atoms with Crippen LogP contribution in [0.25, 0.3) is 0 Å². The number of amides is 2. The summed E-state index contributed by atoms with van der Waals surface area (Å²) in [5.74, 6) is 0.114. The number of carbonyl (C=O) groups excluding carboxylic acids is 2. The highest BCUT2D eigenvalue weighted by atomic mass is 35.5. The molecule has 0 aromatic heterocycles. The van der Waals surface area contributed by atoms with Crippen molar-refractivity contribution in [2.24, 2.45) is 0 Å². The van der Waals surface area contributed by atoms with E-state index in [2.05, 4.69) is 23.5 Å². The van der Waals surface area contributed by atoms with Crippen molar-refractivity contribution < 1.29 is 14.3 Å². The summed E-state index contributed by atoms with van der Waals surface area (Å²) < 4.78 is 5.47. The van der Waals surface area contributed by atoms with E-state index in [0.29, 0.717) is 18.1 Å². The topological polar surface area (TPSA) is 58.6 Å². The maximum Gasteiger partial charge on any atom is 0.407 e. The van der Waals surface area contributed by atoms with Gasteiger partial charge in [0.25, 0.3) is 0 Å². The van der Waals surface area contributed by atoms with E-state index in [0.717, 1.165) is 37.7 Å². The van der Waals surface area contributed by atoms with Crippen LogP contribution in [0.5, 0.6) is 0 Å². The van der Waals surface area contributed by atoms with Crippen LogP contribution in [0, 0.1) is 0 Å². The molecule has 0 bridgehead atoms. The van der Waals surface area contributed by atoms with Crippen molar-refractivity contribution in [3.8, 4) is 0 Å². The molecule has 0 atom stereocenters. The van der Waals surface area contributed by atoms with Gasteiger partial charge in [-0.25, -0.2) is 4.79 Å². The highest BCUT2D eigenvalue weighted by molar-refractivity contribution is 6.30. The molecule has 0 saturated heterocycles. The fourth-order valence-corrected chi connectivity index (χ4v) is 5.09. The molecular weight excluding hydrogens is 448 g/mol. The number of nitrogens with one attached hydrogen (secondary N) is 1. The monoisotopic (exact) mass is 484 g/mol. The second kappa shape index (κ2) is 11.3. The standard InChI is InChI=1S/C28H37ClN2O3/c1-21(32)31(18-15-22-9-6-5-7-10-22)25-13-16-28(17-14-25,23-11-8-12-24(29)19-23)20-30-26(33)34-27(2,3)4/h5-12,19,25H,13-18,20H2,1-4H3,(H,30,33)/t25-,28+. The largest absolute Gasteiger partial charge is 0.444 e. The molecule has 1 aliphatic carbocycles. The zero-order chi connectivity index (χ0) is 24.8. The number of benzene rings is 2. The molecule has 1 aliphatic rings. The summed E-state index contributed by atoms with van der Waals surface area (Å²) in [6.07, 6.45) is 3.88. The van der Waals surface area contributed by atoms with Crippen LogP contribution < -0.4 is 5.32 Å². The minimum absolute atomic E-state index is 0.114. The second-order valence-electron chi connectivity index (χ2n) is 10.3. The maximum absolute atomic E-state index is 12.5. The van der Waals surface area contributed by atoms with Crippen LogP contribution in [-0.2, 0) is 21.4 Å². The number of rotatable bonds is 7. The van der Waals surface area contributed by atoms with Crippen molar-refractivity contribution in [2.75, 3.05) is 13.1 Å². The van der Waals surface area contributed by atoms with Gasteiger partial charge in [-0.2, -0.15) is 0 Å². The predicted octanol–water partition coefficient (Wildman–Crippen LogP) is 6.14. The highest BCUT2D eigenvalue weighted by Crippen LogP contribution is 2.41. The van der Waals surface area contributed by atoms with Crippen LogP contribution in [0.4, 0.5) is 4.79 Å². The van der Waals surface area contributed by atoms with E-state index in [4.69, 9.17) is 16.3 Å². The second-order valence-corrected chi connectivity index (χ2v) is 10.8. The van der Waals surface area contributed by atoms with E-state index >= 15 is 0 Å². The van der Waals surface area contributed by atoms with E-state index in [1.807, 2.05) is 62.1 Å². The molecule has 3 rings (SSSR count). The van der Waals surface area contributed by atoms with Crippen LogP contribution in [0.1, 0.15) is 64.5 Å². The molecule has 2 aromatic rings. The molecule has 5 nitrogen and oxygen atoms in total. The molecule has 0 heterocycles. The molecule has 6 heteroatoms. The molecule has 1 fully saturated rings. The summed E-state index contributed by atoms with van der Waals surface area (Å²) in [5.41, 5.74) is 1.55. The quantitative estimate of drug-likeness (QED) is 0.513. The van der Waals surface area contributed by atoms with Gasteiger partial charge in [-0.1, -0.05) is 54.1 Å². The Kier molecular flexibility index (Phi) is 8.64. The number of alkyl carbamates (subject to hydrolysis) is 1. The van der Waals surface area contributed by atoms with Crippen LogP contribution in [-0.4, -0.2) is 41.6 Å². The molecule has 0 aliphatic heterocycles. The zero-order valence-corrected chi connectivity index (χ0v) is 21.5. The average molecular weight is 485 g/mol. The maximum atomic E-state index is 12.5. The summed E-state index contributed by atoms with van der Waals surface area (Å²) in [6, 6.07) is 18.4. The van der Waals surface area contributed by atoms with E-state index in [1.54, 1.807) is 6.92 Å². The lowest BCUT2D eigenvalue weighted by atomic mass is 9.67. The summed E-state index contributed by atoms with van der Waals surface area (Å²) in [7, 11) is 0. The minimum atomic E-state index is -0.550. The first kappa shape index (κ1) is 26.1. The molecule has 1 saturated carbocycles. The van der Waals surface area contributed by atoms with Crippen LogP contribution in [0.3, 0.4) is 0 Å². The first-order chi connectivity index (χ1) is 16.1. The lowest BCUT2D eigenvalue weighted by Crippen LogP contribution is -2.49. The van der Waals surface area contributed by atoms with Gasteiger partial charge in [-0.05, 0) is 76.1 Å². The number of carbonyl (C=O) groups is 2. The van der Waals surface area contributed by atoms with Gasteiger partial charge in [0.2, 0.25) is 5.91 Å². The van der Waals surface area contributed by atoms with Gasteiger partial charge in [0.1, 0.15) is 5.60 Å². The third kappa shape index (κ3) is 7.23. The van der Waals surface area contributed by atoms with Crippen molar-refractivity contribution in [1.29, 1.82) is 0 Å². The Balaban J connectivity index is 1.71. The Morgan fingerprint density at radius 2 is 1.76 bits per heavy atom. The molecule has 34 heavy (non-hydrogen) atoms. The summed E-state index contributed by atoms with van der Waals surface area (Å²) in [6.45, 7) is 8.42. The highest BCUT2D eigenvalue weighted by Gasteiger charge is 2.39. The molecule has 0 radical (unpaired) electrons. The number of halogens is 1. The van der Waals surface area contributed by atoms with Crippen molar-refractivity contribution in [3.63, 3.8) is 0 Å².